The van der Waals surface area contributed by atoms with Crippen molar-refractivity contribution in [1.29, 1.82) is 0 Å². The monoisotopic (exact) mass is 474 g/mol. The van der Waals surface area contributed by atoms with Gasteiger partial charge >= 0.3 is 0 Å². The number of aryl methyl sites for hydroxylation is 2. The highest BCUT2D eigenvalue weighted by Crippen LogP contribution is 2.31. The smallest absolute Gasteiger partial charge is 0.234 e. The number of nitrogens with one attached hydrogen (secondary N) is 1. The summed E-state index contributed by atoms with van der Waals surface area (Å²) in [6.07, 6.45) is 7.12. The Kier molecular flexibility index (Phi) is 7.49. The molecular formula is C26H26N4O3S. The predicted molar refractivity (Wildman–Crippen MR) is 134 cm³/mol. The second kappa shape index (κ2) is 10.9. The normalized spacial score (nSPS) is 10.7. The molecule has 0 saturated heterocycles. The number of pyridine rings is 1. The number of aromatic nitrogens is 3. The summed E-state index contributed by atoms with van der Waals surface area (Å²) in [6.45, 7) is 4.47. The fourth-order valence-electron chi connectivity index (χ4n) is 3.40. The van der Waals surface area contributed by atoms with Crippen LogP contribution in [0.25, 0.3) is 5.69 Å². The molecular weight excluding hydrogens is 448 g/mol. The van der Waals surface area contributed by atoms with Gasteiger partial charge in [0, 0.05) is 42.1 Å². The van der Waals surface area contributed by atoms with Gasteiger partial charge in [-0.25, -0.2) is 4.98 Å². The zero-order valence-electron chi connectivity index (χ0n) is 19.3. The number of rotatable bonds is 9. The number of thioether (sulfide) groups is 1. The van der Waals surface area contributed by atoms with Crippen molar-refractivity contribution in [2.75, 3.05) is 18.2 Å². The van der Waals surface area contributed by atoms with E-state index in [-0.39, 0.29) is 11.7 Å². The summed E-state index contributed by atoms with van der Waals surface area (Å²) in [5.41, 5.74) is 4.95. The second-order valence-corrected chi connectivity index (χ2v) is 8.66. The zero-order chi connectivity index (χ0) is 23.9. The van der Waals surface area contributed by atoms with Crippen molar-refractivity contribution < 1.29 is 14.3 Å². The first kappa shape index (κ1) is 23.4. The van der Waals surface area contributed by atoms with Gasteiger partial charge in [-0.1, -0.05) is 30.0 Å². The molecule has 4 aromatic rings. The molecule has 0 aliphatic rings. The topological polar surface area (TPSA) is 78.3 Å². The van der Waals surface area contributed by atoms with Crippen LogP contribution in [0.1, 0.15) is 16.7 Å². The van der Waals surface area contributed by atoms with Gasteiger partial charge < -0.3 is 14.8 Å². The molecule has 0 aliphatic heterocycles. The Balaban J connectivity index is 1.40. The standard InChI is InChI=1S/C26H26N4O3S/c1-18-6-7-19(2)22(13-18)30-12-11-28-26(30)34-17-25(31)29-21-8-9-23(32-3)24(14-21)33-16-20-5-4-10-27-15-20/h4-15H,16-17H2,1-3H3,(H,29,31). The lowest BCUT2D eigenvalue weighted by molar-refractivity contribution is -0.113. The average molecular weight is 475 g/mol. The summed E-state index contributed by atoms with van der Waals surface area (Å²) in [6, 6.07) is 15.4. The van der Waals surface area contributed by atoms with Crippen LogP contribution >= 0.6 is 11.8 Å². The minimum Gasteiger partial charge on any atom is -0.493 e. The number of amides is 1. The highest BCUT2D eigenvalue weighted by Gasteiger charge is 2.13. The number of methoxy groups -OCH3 is 1. The Morgan fingerprint density at radius 1 is 1.09 bits per heavy atom. The first-order valence-electron chi connectivity index (χ1n) is 10.8. The molecule has 34 heavy (non-hydrogen) atoms. The molecule has 0 aliphatic carbocycles. The molecule has 1 amide bonds. The van der Waals surface area contributed by atoms with Crippen LogP contribution in [0.2, 0.25) is 0 Å². The van der Waals surface area contributed by atoms with Crippen LogP contribution < -0.4 is 14.8 Å². The summed E-state index contributed by atoms with van der Waals surface area (Å²) < 4.78 is 13.3. The molecule has 0 saturated carbocycles. The lowest BCUT2D eigenvalue weighted by atomic mass is 10.1. The van der Waals surface area contributed by atoms with E-state index in [9.17, 15) is 4.79 Å². The van der Waals surface area contributed by atoms with Crippen molar-refractivity contribution in [3.05, 3.63) is 90.0 Å². The van der Waals surface area contributed by atoms with Gasteiger partial charge in [0.15, 0.2) is 16.7 Å². The molecule has 4 rings (SSSR count). The molecule has 7 nitrogen and oxygen atoms in total. The van der Waals surface area contributed by atoms with Crippen LogP contribution in [0.4, 0.5) is 5.69 Å². The van der Waals surface area contributed by atoms with Crippen molar-refractivity contribution in [3.8, 4) is 17.2 Å². The Hall–Kier alpha value is -3.78. The molecule has 0 radical (unpaired) electrons. The lowest BCUT2D eigenvalue weighted by Gasteiger charge is -2.13. The molecule has 0 unspecified atom stereocenters. The van der Waals surface area contributed by atoms with E-state index in [1.807, 2.05) is 22.9 Å². The van der Waals surface area contributed by atoms with Crippen molar-refractivity contribution in [2.24, 2.45) is 0 Å². The Bertz CT molecular complexity index is 1270. The maximum Gasteiger partial charge on any atom is 0.234 e. The molecule has 0 bridgehead atoms. The Labute approximate surface area is 203 Å². The van der Waals surface area contributed by atoms with Gasteiger partial charge in [-0.3, -0.25) is 14.3 Å². The van der Waals surface area contributed by atoms with E-state index < -0.39 is 0 Å². The number of carbonyl (C=O) groups is 1. The van der Waals surface area contributed by atoms with Crippen LogP contribution in [0.3, 0.4) is 0 Å². The van der Waals surface area contributed by atoms with Crippen molar-refractivity contribution in [1.82, 2.24) is 14.5 Å². The van der Waals surface area contributed by atoms with Crippen molar-refractivity contribution >= 4 is 23.4 Å². The maximum atomic E-state index is 12.7. The van der Waals surface area contributed by atoms with E-state index in [0.29, 0.717) is 23.8 Å². The van der Waals surface area contributed by atoms with Crippen molar-refractivity contribution in [3.63, 3.8) is 0 Å². The number of nitrogens with zero attached hydrogens (tertiary/aromatic N) is 3. The molecule has 2 aromatic heterocycles. The lowest BCUT2D eigenvalue weighted by Crippen LogP contribution is -2.14. The molecule has 2 heterocycles. The van der Waals surface area contributed by atoms with Crippen LogP contribution in [0.15, 0.2) is 78.5 Å². The number of ether oxygens (including phenoxy) is 2. The quantitative estimate of drug-likeness (QED) is 0.336. The molecule has 0 atom stereocenters. The number of anilines is 1. The summed E-state index contributed by atoms with van der Waals surface area (Å²) in [7, 11) is 1.58. The largest absolute Gasteiger partial charge is 0.493 e. The van der Waals surface area contributed by atoms with Crippen molar-refractivity contribution in [2.45, 2.75) is 25.6 Å². The van der Waals surface area contributed by atoms with E-state index in [4.69, 9.17) is 9.47 Å². The highest BCUT2D eigenvalue weighted by atomic mass is 32.2. The number of imidazole rings is 1. The third kappa shape index (κ3) is 5.77. The molecule has 0 spiro atoms. The van der Waals surface area contributed by atoms with Gasteiger partial charge in [0.2, 0.25) is 5.91 Å². The molecule has 0 fully saturated rings. The third-order valence-corrected chi connectivity index (χ3v) is 6.09. The fourth-order valence-corrected chi connectivity index (χ4v) is 4.16. The van der Waals surface area contributed by atoms with E-state index >= 15 is 0 Å². The van der Waals surface area contributed by atoms with E-state index in [2.05, 4.69) is 47.3 Å². The van der Waals surface area contributed by atoms with Gasteiger partial charge in [0.05, 0.1) is 18.6 Å². The number of hydrogen-bond acceptors (Lipinski definition) is 6. The van der Waals surface area contributed by atoms with Gasteiger partial charge in [0.1, 0.15) is 6.61 Å². The zero-order valence-corrected chi connectivity index (χ0v) is 20.1. The first-order chi connectivity index (χ1) is 16.5. The maximum absolute atomic E-state index is 12.7. The average Bonchev–Trinajstić information content (AvgIpc) is 3.32. The Morgan fingerprint density at radius 3 is 2.76 bits per heavy atom. The van der Waals surface area contributed by atoms with E-state index in [1.54, 1.807) is 43.9 Å². The minimum atomic E-state index is -0.135. The fraction of sp³-hybridized carbons (Fsp3) is 0.192. The van der Waals surface area contributed by atoms with E-state index in [1.165, 1.54) is 17.3 Å². The van der Waals surface area contributed by atoms with Crippen LogP contribution in [0.5, 0.6) is 11.5 Å². The predicted octanol–water partition coefficient (Wildman–Crippen LogP) is 5.20. The van der Waals surface area contributed by atoms with Gasteiger partial charge in [-0.15, -0.1) is 0 Å². The molecule has 2 aromatic carbocycles. The van der Waals surface area contributed by atoms with Crippen LogP contribution in [-0.4, -0.2) is 33.3 Å². The minimum absolute atomic E-state index is 0.135. The Morgan fingerprint density at radius 2 is 1.97 bits per heavy atom. The number of carbonyl (C=O) groups excluding carboxylic acids is 1. The van der Waals surface area contributed by atoms with E-state index in [0.717, 1.165) is 22.0 Å². The highest BCUT2D eigenvalue weighted by molar-refractivity contribution is 7.99. The summed E-state index contributed by atoms with van der Waals surface area (Å²) in [5.74, 6) is 1.22. The molecule has 174 valence electrons. The molecule has 8 heteroatoms. The third-order valence-electron chi connectivity index (χ3n) is 5.13. The van der Waals surface area contributed by atoms with Gasteiger partial charge in [-0.05, 0) is 49.2 Å². The first-order valence-corrected chi connectivity index (χ1v) is 11.8. The van der Waals surface area contributed by atoms with Crippen LogP contribution in [0, 0.1) is 13.8 Å². The number of hydrogen-bond donors (Lipinski definition) is 1. The second-order valence-electron chi connectivity index (χ2n) is 7.72. The SMILES string of the molecule is COc1ccc(NC(=O)CSc2nccn2-c2cc(C)ccc2C)cc1OCc1cccnc1. The summed E-state index contributed by atoms with van der Waals surface area (Å²) >= 11 is 1.39. The summed E-state index contributed by atoms with van der Waals surface area (Å²) in [4.78, 5) is 21.2. The number of benzene rings is 2. The van der Waals surface area contributed by atoms with Crippen LogP contribution in [-0.2, 0) is 11.4 Å². The molecule has 1 N–H and O–H groups in total. The van der Waals surface area contributed by atoms with Gasteiger partial charge in [0.25, 0.3) is 0 Å². The van der Waals surface area contributed by atoms with Gasteiger partial charge in [-0.2, -0.15) is 0 Å². The summed E-state index contributed by atoms with van der Waals surface area (Å²) in [5, 5.41) is 3.69.